The van der Waals surface area contributed by atoms with Gasteiger partial charge in [0, 0.05) is 29.6 Å². The van der Waals surface area contributed by atoms with E-state index in [2.05, 4.69) is 35.5 Å². The Balaban J connectivity index is 2.02. The first-order valence-corrected chi connectivity index (χ1v) is 12.6. The number of nitrogens with one attached hydrogen (secondary N) is 1. The Morgan fingerprint density at radius 3 is 2.47 bits per heavy atom. The van der Waals surface area contributed by atoms with E-state index in [1.165, 1.54) is 44.9 Å². The number of hydrogen-bond acceptors (Lipinski definition) is 4. The SMILES string of the molecule is C=N\C(=C/C(=N\CCl)C(/C)=C(\CCC)C(=N)C1CCCCC12CCCC2)c1ccncc1. The summed E-state index contributed by atoms with van der Waals surface area (Å²) in [5, 5.41) is 9.37. The Morgan fingerprint density at radius 2 is 1.88 bits per heavy atom. The number of aliphatic imine (C=N–C) groups is 2. The molecule has 2 fully saturated rings. The molecule has 0 radical (unpaired) electrons. The van der Waals surface area contributed by atoms with Crippen LogP contribution in [0.25, 0.3) is 5.70 Å². The summed E-state index contributed by atoms with van der Waals surface area (Å²) in [6.07, 6.45) is 17.5. The Labute approximate surface area is 198 Å². The monoisotopic (exact) mass is 452 g/mol. The Hall–Kier alpha value is -2.07. The summed E-state index contributed by atoms with van der Waals surface area (Å²) in [7, 11) is 0. The molecule has 0 aliphatic heterocycles. The molecule has 0 saturated heterocycles. The minimum atomic E-state index is 0.171. The summed E-state index contributed by atoms with van der Waals surface area (Å²) in [6, 6.07) is 4.00. The molecule has 4 nitrogen and oxygen atoms in total. The molecule has 1 aromatic heterocycles. The van der Waals surface area contributed by atoms with Crippen molar-refractivity contribution in [3.63, 3.8) is 0 Å². The van der Waals surface area contributed by atoms with Crippen LogP contribution in [0.3, 0.4) is 0 Å². The maximum Gasteiger partial charge on any atom is 0.114 e. The van der Waals surface area contributed by atoms with E-state index < -0.39 is 0 Å². The van der Waals surface area contributed by atoms with Crippen molar-refractivity contribution in [2.75, 3.05) is 6.00 Å². The molecule has 3 rings (SSSR count). The normalized spacial score (nSPS) is 22.0. The number of aromatic nitrogens is 1. The average molecular weight is 453 g/mol. The largest absolute Gasteiger partial charge is 0.305 e. The van der Waals surface area contributed by atoms with Crippen molar-refractivity contribution < 1.29 is 0 Å². The molecular formula is C27H37ClN4. The van der Waals surface area contributed by atoms with E-state index in [-0.39, 0.29) is 6.00 Å². The number of allylic oxidation sites excluding steroid dienone is 3. The fourth-order valence-corrected chi connectivity index (χ4v) is 5.91. The molecule has 2 aliphatic rings. The second-order valence-corrected chi connectivity index (χ2v) is 9.46. The highest BCUT2D eigenvalue weighted by Gasteiger charge is 2.45. The smallest absolute Gasteiger partial charge is 0.114 e. The third-order valence-electron chi connectivity index (χ3n) is 7.42. The van der Waals surface area contributed by atoms with Crippen molar-refractivity contribution >= 4 is 35.4 Å². The number of alkyl halides is 1. The quantitative estimate of drug-likeness (QED) is 0.233. The van der Waals surface area contributed by atoms with Crippen LogP contribution >= 0.6 is 11.6 Å². The third-order valence-corrected chi connectivity index (χ3v) is 7.54. The molecular weight excluding hydrogens is 416 g/mol. The minimum Gasteiger partial charge on any atom is -0.305 e. The van der Waals surface area contributed by atoms with E-state index in [0.29, 0.717) is 11.3 Å². The number of halogens is 1. The van der Waals surface area contributed by atoms with Crippen LogP contribution in [0.1, 0.15) is 83.6 Å². The van der Waals surface area contributed by atoms with Gasteiger partial charge in [0.1, 0.15) is 6.00 Å². The van der Waals surface area contributed by atoms with E-state index in [1.807, 2.05) is 18.2 Å². The summed E-state index contributed by atoms with van der Waals surface area (Å²) in [5.41, 5.74) is 5.86. The molecule has 2 aliphatic carbocycles. The lowest BCUT2D eigenvalue weighted by atomic mass is 9.62. The fourth-order valence-electron chi connectivity index (χ4n) is 5.78. The lowest BCUT2D eigenvalue weighted by molar-refractivity contribution is 0.149. The van der Waals surface area contributed by atoms with Crippen molar-refractivity contribution in [1.82, 2.24) is 4.98 Å². The van der Waals surface area contributed by atoms with Gasteiger partial charge >= 0.3 is 0 Å². The molecule has 1 atom stereocenters. The van der Waals surface area contributed by atoms with Gasteiger partial charge in [-0.2, -0.15) is 0 Å². The Morgan fingerprint density at radius 1 is 1.22 bits per heavy atom. The van der Waals surface area contributed by atoms with Crippen LogP contribution in [0, 0.1) is 16.7 Å². The number of pyridine rings is 1. The van der Waals surface area contributed by atoms with Crippen LogP contribution in [0.4, 0.5) is 0 Å². The summed E-state index contributed by atoms with van der Waals surface area (Å²) < 4.78 is 0. The van der Waals surface area contributed by atoms with Gasteiger partial charge in [0.2, 0.25) is 0 Å². The topological polar surface area (TPSA) is 61.5 Å². The van der Waals surface area contributed by atoms with Gasteiger partial charge < -0.3 is 5.41 Å². The van der Waals surface area contributed by atoms with Crippen LogP contribution < -0.4 is 0 Å². The van der Waals surface area contributed by atoms with Gasteiger partial charge in [-0.05, 0) is 80.5 Å². The van der Waals surface area contributed by atoms with Crippen molar-refractivity contribution in [1.29, 1.82) is 5.41 Å². The van der Waals surface area contributed by atoms with Crippen LogP contribution in [0.2, 0.25) is 0 Å². The van der Waals surface area contributed by atoms with Gasteiger partial charge in [0.05, 0.1) is 11.4 Å². The summed E-state index contributed by atoms with van der Waals surface area (Å²) in [5.74, 6) is 0.369. The molecule has 0 amide bonds. The summed E-state index contributed by atoms with van der Waals surface area (Å²) in [4.78, 5) is 12.9. The predicted molar refractivity (Wildman–Crippen MR) is 138 cm³/mol. The van der Waals surface area contributed by atoms with E-state index in [1.54, 1.807) is 12.4 Å². The van der Waals surface area contributed by atoms with Gasteiger partial charge in [-0.3, -0.25) is 15.0 Å². The maximum atomic E-state index is 9.37. The van der Waals surface area contributed by atoms with Crippen LogP contribution in [-0.2, 0) is 0 Å². The number of hydrogen-bond donors (Lipinski definition) is 1. The molecule has 1 unspecified atom stereocenters. The molecule has 2 saturated carbocycles. The molecule has 5 heteroatoms. The number of nitrogens with zero attached hydrogens (tertiary/aromatic N) is 3. The molecule has 1 spiro atoms. The highest BCUT2D eigenvalue weighted by Crippen LogP contribution is 2.53. The van der Waals surface area contributed by atoms with Crippen molar-refractivity contribution in [3.05, 3.63) is 47.3 Å². The van der Waals surface area contributed by atoms with Gasteiger partial charge in [0.25, 0.3) is 0 Å². The summed E-state index contributed by atoms with van der Waals surface area (Å²) >= 11 is 6.07. The van der Waals surface area contributed by atoms with Crippen molar-refractivity contribution in [3.8, 4) is 0 Å². The lowest BCUT2D eigenvalue weighted by Crippen LogP contribution is -2.37. The zero-order chi connectivity index (χ0) is 23.0. The number of rotatable bonds is 9. The second-order valence-electron chi connectivity index (χ2n) is 9.22. The molecule has 0 aromatic carbocycles. The molecule has 1 N–H and O–H groups in total. The van der Waals surface area contributed by atoms with Crippen LogP contribution in [-0.4, -0.2) is 29.1 Å². The zero-order valence-corrected chi connectivity index (χ0v) is 20.4. The Kier molecular flexibility index (Phi) is 8.98. The molecule has 0 bridgehead atoms. The van der Waals surface area contributed by atoms with Crippen molar-refractivity contribution in [2.45, 2.75) is 78.1 Å². The third kappa shape index (κ3) is 5.46. The second kappa shape index (κ2) is 11.7. The van der Waals surface area contributed by atoms with Crippen LogP contribution in [0.15, 0.2) is 51.7 Å². The zero-order valence-electron chi connectivity index (χ0n) is 19.7. The molecule has 32 heavy (non-hydrogen) atoms. The highest BCUT2D eigenvalue weighted by molar-refractivity contribution is 6.21. The maximum absolute atomic E-state index is 9.37. The van der Waals surface area contributed by atoms with Crippen molar-refractivity contribution in [2.24, 2.45) is 21.3 Å². The van der Waals surface area contributed by atoms with E-state index in [0.717, 1.165) is 53.1 Å². The van der Waals surface area contributed by atoms with Gasteiger partial charge in [0.15, 0.2) is 0 Å². The van der Waals surface area contributed by atoms with E-state index in [9.17, 15) is 5.41 Å². The van der Waals surface area contributed by atoms with Crippen LogP contribution in [0.5, 0.6) is 0 Å². The summed E-state index contributed by atoms with van der Waals surface area (Å²) in [6.45, 7) is 8.05. The van der Waals surface area contributed by atoms with E-state index >= 15 is 0 Å². The van der Waals surface area contributed by atoms with E-state index in [4.69, 9.17) is 11.6 Å². The average Bonchev–Trinajstić information content (AvgIpc) is 3.28. The highest BCUT2D eigenvalue weighted by atomic mass is 35.5. The molecule has 172 valence electrons. The van der Waals surface area contributed by atoms with Gasteiger partial charge in [-0.1, -0.05) is 39.0 Å². The Bertz CT molecular complexity index is 891. The standard InChI is InChI=1S/C27H37ClN4/c1-4-9-22(26(29)23-10-5-6-13-27(23)14-7-8-15-27)20(2)24(32-19-28)18-25(30-3)21-11-16-31-17-12-21/h11-12,16-18,23,29H,3-10,13-15,19H2,1-2H3/b22-20+,25-18-,29-26?,32-24+. The predicted octanol–water partition coefficient (Wildman–Crippen LogP) is 7.65. The first kappa shape index (κ1) is 24.6. The first-order valence-electron chi connectivity index (χ1n) is 12.0. The molecule has 1 aromatic rings. The minimum absolute atomic E-state index is 0.171. The van der Waals surface area contributed by atoms with Gasteiger partial charge in [-0.25, -0.2) is 0 Å². The van der Waals surface area contributed by atoms with Gasteiger partial charge in [-0.15, -0.1) is 11.6 Å². The lowest BCUT2D eigenvalue weighted by Gasteiger charge is -2.42. The molecule has 1 heterocycles. The first-order chi connectivity index (χ1) is 15.6. The fraction of sp³-hybridized carbons (Fsp3) is 0.556.